The molecule has 0 rings (SSSR count). The molecule has 2 heteroatoms. The molecule has 0 N–H and O–H groups in total. The third kappa shape index (κ3) is 4.82. The SMILES string of the molecule is CCC(C)C(C)CCC([O])=O. The van der Waals surface area contributed by atoms with Gasteiger partial charge in [0, 0.05) is 0 Å². The molecule has 0 saturated carbocycles. The first-order chi connectivity index (χ1) is 5.07. The van der Waals surface area contributed by atoms with Gasteiger partial charge in [0.1, 0.15) is 0 Å². The normalized spacial score (nSPS) is 15.9. The van der Waals surface area contributed by atoms with Crippen molar-refractivity contribution in [3.05, 3.63) is 0 Å². The summed E-state index contributed by atoms with van der Waals surface area (Å²) in [6.45, 7) is 6.37. The van der Waals surface area contributed by atoms with E-state index in [0.717, 1.165) is 12.8 Å². The zero-order valence-electron chi connectivity index (χ0n) is 7.59. The van der Waals surface area contributed by atoms with Crippen molar-refractivity contribution >= 4 is 5.97 Å². The number of hydrogen-bond donors (Lipinski definition) is 0. The van der Waals surface area contributed by atoms with Crippen molar-refractivity contribution in [3.63, 3.8) is 0 Å². The summed E-state index contributed by atoms with van der Waals surface area (Å²) in [6, 6.07) is 0. The monoisotopic (exact) mass is 157 g/mol. The van der Waals surface area contributed by atoms with E-state index in [1.54, 1.807) is 0 Å². The third-order valence-electron chi connectivity index (χ3n) is 2.42. The Kier molecular flexibility index (Phi) is 4.92. The van der Waals surface area contributed by atoms with Gasteiger partial charge in [-0.15, -0.1) is 0 Å². The van der Waals surface area contributed by atoms with Crippen LogP contribution in [0.1, 0.15) is 40.0 Å². The molecule has 1 radical (unpaired) electrons. The van der Waals surface area contributed by atoms with E-state index in [2.05, 4.69) is 20.8 Å². The highest BCUT2D eigenvalue weighted by Gasteiger charge is 2.11. The van der Waals surface area contributed by atoms with E-state index in [-0.39, 0.29) is 6.42 Å². The van der Waals surface area contributed by atoms with Crippen LogP contribution in [0.5, 0.6) is 0 Å². The summed E-state index contributed by atoms with van der Waals surface area (Å²) in [4.78, 5) is 10.1. The van der Waals surface area contributed by atoms with E-state index < -0.39 is 5.97 Å². The van der Waals surface area contributed by atoms with Crippen LogP contribution < -0.4 is 0 Å². The largest absolute Gasteiger partial charge is 0.355 e. The lowest BCUT2D eigenvalue weighted by molar-refractivity contribution is -0.143. The van der Waals surface area contributed by atoms with Crippen LogP contribution in [-0.4, -0.2) is 5.97 Å². The first kappa shape index (κ1) is 10.5. The fraction of sp³-hybridized carbons (Fsp3) is 0.889. The van der Waals surface area contributed by atoms with Crippen molar-refractivity contribution in [2.24, 2.45) is 11.8 Å². The molecule has 0 aromatic rings. The number of hydrogen-bond acceptors (Lipinski definition) is 1. The van der Waals surface area contributed by atoms with Crippen molar-refractivity contribution in [3.8, 4) is 0 Å². The number of carbonyl (C=O) groups excluding carboxylic acids is 1. The highest BCUT2D eigenvalue weighted by atomic mass is 16.4. The minimum atomic E-state index is -0.930. The molecule has 0 aliphatic carbocycles. The molecule has 0 aliphatic rings. The molecule has 0 aromatic heterocycles. The highest BCUT2D eigenvalue weighted by Crippen LogP contribution is 2.19. The predicted molar refractivity (Wildman–Crippen MR) is 43.5 cm³/mol. The maximum absolute atomic E-state index is 10.1. The summed E-state index contributed by atoms with van der Waals surface area (Å²) in [5.41, 5.74) is 0. The van der Waals surface area contributed by atoms with Crippen LogP contribution in [0.25, 0.3) is 0 Å². The van der Waals surface area contributed by atoms with Crippen LogP contribution in [0.15, 0.2) is 0 Å². The molecule has 65 valence electrons. The average Bonchev–Trinajstić information content (AvgIpc) is 1.98. The van der Waals surface area contributed by atoms with Crippen LogP contribution in [0, 0.1) is 11.8 Å². The van der Waals surface area contributed by atoms with Gasteiger partial charge in [0.15, 0.2) is 0 Å². The van der Waals surface area contributed by atoms with E-state index in [1.165, 1.54) is 0 Å². The summed E-state index contributed by atoms with van der Waals surface area (Å²) < 4.78 is 0. The van der Waals surface area contributed by atoms with E-state index in [0.29, 0.717) is 11.8 Å². The van der Waals surface area contributed by atoms with E-state index in [4.69, 9.17) is 0 Å². The van der Waals surface area contributed by atoms with Gasteiger partial charge in [-0.3, -0.25) is 0 Å². The van der Waals surface area contributed by atoms with Gasteiger partial charge >= 0.3 is 5.97 Å². The van der Waals surface area contributed by atoms with E-state index in [1.807, 2.05) is 0 Å². The summed E-state index contributed by atoms with van der Waals surface area (Å²) in [7, 11) is 0. The van der Waals surface area contributed by atoms with Crippen LogP contribution in [-0.2, 0) is 9.90 Å². The Balaban J connectivity index is 3.51. The molecule has 0 saturated heterocycles. The maximum Gasteiger partial charge on any atom is 0.355 e. The molecule has 0 bridgehead atoms. The summed E-state index contributed by atoms with van der Waals surface area (Å²) >= 11 is 0. The van der Waals surface area contributed by atoms with Crippen molar-refractivity contribution in [2.45, 2.75) is 40.0 Å². The second-order valence-corrected chi connectivity index (χ2v) is 3.27. The first-order valence-corrected chi connectivity index (χ1v) is 4.27. The highest BCUT2D eigenvalue weighted by molar-refractivity contribution is 5.66. The first-order valence-electron chi connectivity index (χ1n) is 4.27. The average molecular weight is 157 g/mol. The standard InChI is InChI=1S/C9H17O2/c1-4-7(2)8(3)5-6-9(10)11/h7-8H,4-6H2,1-3H3. The lowest BCUT2D eigenvalue weighted by Crippen LogP contribution is -2.08. The van der Waals surface area contributed by atoms with Gasteiger partial charge in [0.05, 0.1) is 6.42 Å². The topological polar surface area (TPSA) is 37.0 Å². The van der Waals surface area contributed by atoms with E-state index >= 15 is 0 Å². The third-order valence-corrected chi connectivity index (χ3v) is 2.42. The predicted octanol–water partition coefficient (Wildman–Crippen LogP) is 2.41. The second kappa shape index (κ2) is 5.16. The Morgan fingerprint density at radius 3 is 2.18 bits per heavy atom. The minimum Gasteiger partial charge on any atom is -0.247 e. The van der Waals surface area contributed by atoms with Crippen molar-refractivity contribution < 1.29 is 9.90 Å². The Labute approximate surface area is 68.6 Å². The molecule has 0 amide bonds. The number of carbonyl (C=O) groups is 1. The van der Waals surface area contributed by atoms with E-state index in [9.17, 15) is 9.90 Å². The van der Waals surface area contributed by atoms with Gasteiger partial charge < -0.3 is 0 Å². The summed E-state index contributed by atoms with van der Waals surface area (Å²) in [6.07, 6.45) is 2.07. The Bertz CT molecular complexity index is 121. The van der Waals surface area contributed by atoms with Crippen LogP contribution in [0.3, 0.4) is 0 Å². The Morgan fingerprint density at radius 1 is 1.27 bits per heavy atom. The molecule has 0 aliphatic heterocycles. The van der Waals surface area contributed by atoms with Crippen LogP contribution in [0.2, 0.25) is 0 Å². The van der Waals surface area contributed by atoms with Gasteiger partial charge in [0.25, 0.3) is 0 Å². The minimum absolute atomic E-state index is 0.200. The zero-order valence-corrected chi connectivity index (χ0v) is 7.59. The van der Waals surface area contributed by atoms with Crippen LogP contribution >= 0.6 is 0 Å². The molecule has 2 atom stereocenters. The number of rotatable bonds is 5. The molecule has 0 fully saturated rings. The maximum atomic E-state index is 10.1. The smallest absolute Gasteiger partial charge is 0.247 e. The quantitative estimate of drug-likeness (QED) is 0.603. The van der Waals surface area contributed by atoms with Crippen LogP contribution in [0.4, 0.5) is 0 Å². The summed E-state index contributed by atoms with van der Waals surface area (Å²) in [5.74, 6) is 0.187. The molecule has 2 unspecified atom stereocenters. The molecule has 0 aromatic carbocycles. The fourth-order valence-corrected chi connectivity index (χ4v) is 1.03. The molecular formula is C9H17O2. The fourth-order valence-electron chi connectivity index (χ4n) is 1.03. The van der Waals surface area contributed by atoms with Gasteiger partial charge in [-0.25, -0.2) is 9.90 Å². The van der Waals surface area contributed by atoms with Crippen molar-refractivity contribution in [1.82, 2.24) is 0 Å². The second-order valence-electron chi connectivity index (χ2n) is 3.27. The molecule has 0 heterocycles. The van der Waals surface area contributed by atoms with Crippen molar-refractivity contribution in [1.29, 1.82) is 0 Å². The Hall–Kier alpha value is -0.530. The van der Waals surface area contributed by atoms with Gasteiger partial charge in [-0.05, 0) is 18.3 Å². The molecule has 0 spiro atoms. The molecule has 11 heavy (non-hydrogen) atoms. The van der Waals surface area contributed by atoms with Gasteiger partial charge in [0.2, 0.25) is 0 Å². The van der Waals surface area contributed by atoms with Gasteiger partial charge in [-0.2, -0.15) is 0 Å². The molecular weight excluding hydrogens is 140 g/mol. The summed E-state index contributed by atoms with van der Waals surface area (Å²) in [5, 5.41) is 10.1. The zero-order chi connectivity index (χ0) is 8.85. The Morgan fingerprint density at radius 2 is 1.82 bits per heavy atom. The lowest BCUT2D eigenvalue weighted by Gasteiger charge is -2.16. The van der Waals surface area contributed by atoms with Gasteiger partial charge in [-0.1, -0.05) is 27.2 Å². The lowest BCUT2D eigenvalue weighted by atomic mass is 9.90. The van der Waals surface area contributed by atoms with Crippen molar-refractivity contribution in [2.75, 3.05) is 0 Å². The molecule has 2 nitrogen and oxygen atoms in total.